The van der Waals surface area contributed by atoms with Crippen molar-refractivity contribution in [2.45, 2.75) is 12.3 Å². The molecule has 3 aromatic rings. The molecule has 1 unspecified atom stereocenters. The van der Waals surface area contributed by atoms with Crippen molar-refractivity contribution < 1.29 is 23.8 Å². The highest BCUT2D eigenvalue weighted by atomic mass is 32.1. The Morgan fingerprint density at radius 2 is 2.07 bits per heavy atom. The van der Waals surface area contributed by atoms with E-state index >= 15 is 0 Å². The summed E-state index contributed by atoms with van der Waals surface area (Å²) in [6.45, 7) is 4.00. The molecule has 4 rings (SSSR count). The molecule has 1 aliphatic heterocycles. The van der Waals surface area contributed by atoms with Gasteiger partial charge in [-0.3, -0.25) is 4.79 Å². The number of carbonyl (C=O) groups is 2. The third-order valence-corrected chi connectivity index (χ3v) is 6.16. The van der Waals surface area contributed by atoms with Crippen molar-refractivity contribution in [3.05, 3.63) is 82.3 Å². The minimum absolute atomic E-state index is 0.0729. The topological polar surface area (TPSA) is 75.6 Å². The largest absolute Gasteiger partial charge is 0.490 e. The molecule has 0 radical (unpaired) electrons. The number of carboxylic acids is 1. The molecule has 0 fully saturated rings. The zero-order valence-corrected chi connectivity index (χ0v) is 16.7. The molecule has 1 atom stereocenters. The Bertz CT molecular complexity index is 1140. The lowest BCUT2D eigenvalue weighted by Crippen LogP contribution is -2.22. The third kappa shape index (κ3) is 3.71. The molecule has 1 aromatic heterocycles. The van der Waals surface area contributed by atoms with E-state index in [0.717, 1.165) is 21.8 Å². The lowest BCUT2D eigenvalue weighted by Gasteiger charge is -2.24. The number of thiophene rings is 1. The van der Waals surface area contributed by atoms with Gasteiger partial charge in [-0.05, 0) is 35.4 Å². The SMILES string of the molecule is C=CCOc1ccc(C2CC(=O)Nc3c2sc(C(=O)O)c3-c2cccc(F)c2)cc1. The molecule has 1 aliphatic rings. The monoisotopic (exact) mass is 423 g/mol. The van der Waals surface area contributed by atoms with Gasteiger partial charge in [0, 0.05) is 22.8 Å². The van der Waals surface area contributed by atoms with E-state index in [1.807, 2.05) is 24.3 Å². The quantitative estimate of drug-likeness (QED) is 0.528. The number of anilines is 1. The number of rotatable bonds is 6. The molecule has 0 saturated heterocycles. The van der Waals surface area contributed by atoms with Crippen LogP contribution in [0.4, 0.5) is 10.1 Å². The maximum atomic E-state index is 13.8. The first kappa shape index (κ1) is 19.8. The van der Waals surface area contributed by atoms with Gasteiger partial charge in [-0.15, -0.1) is 11.3 Å². The molecule has 2 aromatic carbocycles. The second-order valence-electron chi connectivity index (χ2n) is 6.83. The van der Waals surface area contributed by atoms with Crippen LogP contribution in [0, 0.1) is 5.82 Å². The number of hydrogen-bond donors (Lipinski definition) is 2. The van der Waals surface area contributed by atoms with Crippen LogP contribution in [0.3, 0.4) is 0 Å². The van der Waals surface area contributed by atoms with Gasteiger partial charge in [0.15, 0.2) is 0 Å². The Morgan fingerprint density at radius 3 is 2.73 bits per heavy atom. The summed E-state index contributed by atoms with van der Waals surface area (Å²) in [5.74, 6) is -1.43. The Labute approximate surface area is 176 Å². The van der Waals surface area contributed by atoms with E-state index in [-0.39, 0.29) is 23.1 Å². The minimum atomic E-state index is -1.12. The van der Waals surface area contributed by atoms with Crippen LogP contribution in [0.15, 0.2) is 61.2 Å². The van der Waals surface area contributed by atoms with Crippen molar-refractivity contribution in [1.29, 1.82) is 0 Å². The molecular weight excluding hydrogens is 405 g/mol. The summed E-state index contributed by atoms with van der Waals surface area (Å²) >= 11 is 1.11. The van der Waals surface area contributed by atoms with E-state index < -0.39 is 11.8 Å². The van der Waals surface area contributed by atoms with Gasteiger partial charge in [0.2, 0.25) is 5.91 Å². The molecule has 152 valence electrons. The highest BCUT2D eigenvalue weighted by Gasteiger charge is 2.34. The van der Waals surface area contributed by atoms with Crippen LogP contribution in [-0.2, 0) is 4.79 Å². The average molecular weight is 423 g/mol. The van der Waals surface area contributed by atoms with E-state index in [2.05, 4.69) is 11.9 Å². The molecule has 2 heterocycles. The number of halogens is 1. The maximum absolute atomic E-state index is 13.8. The standard InChI is InChI=1S/C23H18FNO4S/c1-2-10-29-16-8-6-13(7-9-16)17-12-18(26)25-20-19(14-4-3-5-15(24)11-14)22(23(27)28)30-21(17)20/h2-9,11,17H,1,10,12H2,(H,25,26)(H,27,28). The summed E-state index contributed by atoms with van der Waals surface area (Å²) in [5.41, 5.74) is 2.07. The van der Waals surface area contributed by atoms with Crippen LogP contribution in [0.25, 0.3) is 11.1 Å². The van der Waals surface area contributed by atoms with Crippen molar-refractivity contribution in [2.24, 2.45) is 0 Å². The van der Waals surface area contributed by atoms with Gasteiger partial charge in [-0.1, -0.05) is 36.9 Å². The molecule has 0 spiro atoms. The van der Waals surface area contributed by atoms with Crippen molar-refractivity contribution >= 4 is 28.9 Å². The van der Waals surface area contributed by atoms with Gasteiger partial charge in [0.05, 0.1) is 5.69 Å². The fraction of sp³-hybridized carbons (Fsp3) is 0.130. The van der Waals surface area contributed by atoms with E-state index in [4.69, 9.17) is 4.74 Å². The number of amides is 1. The maximum Gasteiger partial charge on any atom is 0.346 e. The lowest BCUT2D eigenvalue weighted by atomic mass is 9.88. The normalized spacial score (nSPS) is 15.2. The van der Waals surface area contributed by atoms with E-state index in [1.165, 1.54) is 18.2 Å². The number of carboxylic acid groups (broad SMARTS) is 1. The predicted octanol–water partition coefficient (Wildman–Crippen LogP) is 5.29. The Kier molecular flexibility index (Phi) is 5.37. The second-order valence-corrected chi connectivity index (χ2v) is 7.89. The summed E-state index contributed by atoms with van der Waals surface area (Å²) in [4.78, 5) is 25.2. The number of nitrogens with one attached hydrogen (secondary N) is 1. The van der Waals surface area contributed by atoms with Crippen molar-refractivity contribution in [3.8, 4) is 16.9 Å². The number of benzene rings is 2. The van der Waals surface area contributed by atoms with Gasteiger partial charge in [-0.25, -0.2) is 9.18 Å². The molecule has 0 saturated carbocycles. The number of ether oxygens (including phenoxy) is 1. The summed E-state index contributed by atoms with van der Waals surface area (Å²) in [6.07, 6.45) is 1.85. The minimum Gasteiger partial charge on any atom is -0.490 e. The molecule has 30 heavy (non-hydrogen) atoms. The highest BCUT2D eigenvalue weighted by Crippen LogP contribution is 2.49. The summed E-state index contributed by atoms with van der Waals surface area (Å²) in [6, 6.07) is 13.1. The van der Waals surface area contributed by atoms with Crippen LogP contribution in [-0.4, -0.2) is 23.6 Å². The first-order valence-corrected chi connectivity index (χ1v) is 10.1. The molecule has 2 N–H and O–H groups in total. The van der Waals surface area contributed by atoms with Crippen LogP contribution in [0.1, 0.15) is 32.5 Å². The van der Waals surface area contributed by atoms with E-state index in [9.17, 15) is 19.1 Å². The number of carbonyl (C=O) groups excluding carboxylic acids is 1. The Hall–Kier alpha value is -3.45. The van der Waals surface area contributed by atoms with E-state index in [0.29, 0.717) is 29.2 Å². The van der Waals surface area contributed by atoms with Crippen LogP contribution in [0.5, 0.6) is 5.75 Å². The van der Waals surface area contributed by atoms with Gasteiger partial charge < -0.3 is 15.2 Å². The highest BCUT2D eigenvalue weighted by molar-refractivity contribution is 7.15. The van der Waals surface area contributed by atoms with Crippen LogP contribution in [0.2, 0.25) is 0 Å². The fourth-order valence-corrected chi connectivity index (χ4v) is 4.82. The Balaban J connectivity index is 1.82. The first-order valence-electron chi connectivity index (χ1n) is 9.27. The van der Waals surface area contributed by atoms with Crippen molar-refractivity contribution in [1.82, 2.24) is 0 Å². The van der Waals surface area contributed by atoms with E-state index in [1.54, 1.807) is 12.1 Å². The van der Waals surface area contributed by atoms with Gasteiger partial charge >= 0.3 is 5.97 Å². The zero-order valence-electron chi connectivity index (χ0n) is 15.9. The fourth-order valence-electron chi connectivity index (χ4n) is 3.58. The van der Waals surface area contributed by atoms with Crippen molar-refractivity contribution in [3.63, 3.8) is 0 Å². The van der Waals surface area contributed by atoms with Gasteiger partial charge in [0.1, 0.15) is 23.1 Å². The molecule has 0 aliphatic carbocycles. The van der Waals surface area contributed by atoms with Gasteiger partial charge in [-0.2, -0.15) is 0 Å². The van der Waals surface area contributed by atoms with Gasteiger partial charge in [0.25, 0.3) is 0 Å². The number of aromatic carboxylic acids is 1. The van der Waals surface area contributed by atoms with Crippen LogP contribution < -0.4 is 10.1 Å². The molecule has 7 heteroatoms. The first-order chi connectivity index (χ1) is 14.5. The molecule has 5 nitrogen and oxygen atoms in total. The summed E-state index contributed by atoms with van der Waals surface area (Å²) in [7, 11) is 0. The molecule has 0 bridgehead atoms. The lowest BCUT2D eigenvalue weighted by molar-refractivity contribution is -0.116. The molecule has 1 amide bonds. The Morgan fingerprint density at radius 1 is 1.30 bits per heavy atom. The van der Waals surface area contributed by atoms with Crippen molar-refractivity contribution in [2.75, 3.05) is 11.9 Å². The average Bonchev–Trinajstić information content (AvgIpc) is 3.11. The summed E-state index contributed by atoms with van der Waals surface area (Å²) in [5, 5.41) is 12.6. The predicted molar refractivity (Wildman–Crippen MR) is 114 cm³/mol. The smallest absolute Gasteiger partial charge is 0.346 e. The summed E-state index contributed by atoms with van der Waals surface area (Å²) < 4.78 is 19.3. The third-order valence-electron chi connectivity index (χ3n) is 4.86. The molecular formula is C23H18FNO4S. The van der Waals surface area contributed by atoms with Crippen LogP contribution >= 0.6 is 11.3 Å². The number of hydrogen-bond acceptors (Lipinski definition) is 4. The second kappa shape index (κ2) is 8.12. The number of fused-ring (bicyclic) bond motifs is 1. The zero-order chi connectivity index (χ0) is 21.3.